The zero-order valence-electron chi connectivity index (χ0n) is 15.1. The third-order valence-electron chi connectivity index (χ3n) is 4.12. The maximum Gasteiger partial charge on any atom is 0.326 e. The number of rotatable bonds is 7. The second kappa shape index (κ2) is 7.96. The number of carbonyl (C=O) groups is 2. The average molecular weight is 343 g/mol. The third-order valence-corrected chi connectivity index (χ3v) is 4.12. The van der Waals surface area contributed by atoms with Gasteiger partial charge in [0.05, 0.1) is 17.8 Å². The summed E-state index contributed by atoms with van der Waals surface area (Å²) >= 11 is 0. The first-order valence-electron chi connectivity index (χ1n) is 8.42. The zero-order chi connectivity index (χ0) is 18.6. The van der Waals surface area contributed by atoms with Crippen LogP contribution < -0.4 is 5.32 Å². The van der Waals surface area contributed by atoms with Gasteiger partial charge in [0.25, 0.3) is 0 Å². The zero-order valence-corrected chi connectivity index (χ0v) is 15.1. The van der Waals surface area contributed by atoms with Crippen molar-refractivity contribution >= 4 is 11.9 Å². The van der Waals surface area contributed by atoms with Crippen molar-refractivity contribution in [2.24, 2.45) is 5.92 Å². The molecular formula is C19H25N3O3. The van der Waals surface area contributed by atoms with Gasteiger partial charge in [-0.2, -0.15) is 5.10 Å². The molecule has 1 aromatic carbocycles. The third kappa shape index (κ3) is 4.68. The van der Waals surface area contributed by atoms with Crippen molar-refractivity contribution in [2.45, 2.75) is 46.6 Å². The van der Waals surface area contributed by atoms with Crippen LogP contribution in [0, 0.1) is 19.8 Å². The second-order valence-corrected chi connectivity index (χ2v) is 6.66. The lowest BCUT2D eigenvalue weighted by Crippen LogP contribution is -2.42. The van der Waals surface area contributed by atoms with E-state index in [4.69, 9.17) is 0 Å². The summed E-state index contributed by atoms with van der Waals surface area (Å²) in [6, 6.07) is 8.84. The summed E-state index contributed by atoms with van der Waals surface area (Å²) in [5.74, 6) is -1.12. The van der Waals surface area contributed by atoms with Gasteiger partial charge in [-0.3, -0.25) is 4.79 Å². The van der Waals surface area contributed by atoms with Crippen LogP contribution in [0.2, 0.25) is 0 Å². The lowest BCUT2D eigenvalue weighted by molar-refractivity contribution is -0.142. The van der Waals surface area contributed by atoms with Gasteiger partial charge in [0.15, 0.2) is 0 Å². The van der Waals surface area contributed by atoms with Crippen molar-refractivity contribution in [3.63, 3.8) is 0 Å². The Balaban J connectivity index is 2.16. The molecule has 1 amide bonds. The van der Waals surface area contributed by atoms with Crippen molar-refractivity contribution < 1.29 is 14.7 Å². The van der Waals surface area contributed by atoms with E-state index in [1.165, 1.54) is 0 Å². The molecule has 0 spiro atoms. The van der Waals surface area contributed by atoms with E-state index in [1.54, 1.807) is 4.68 Å². The Morgan fingerprint density at radius 2 is 1.84 bits per heavy atom. The fraction of sp³-hybridized carbons (Fsp3) is 0.421. The van der Waals surface area contributed by atoms with Gasteiger partial charge in [-0.25, -0.2) is 9.48 Å². The number of nitrogens with one attached hydrogen (secondary N) is 1. The van der Waals surface area contributed by atoms with E-state index in [-0.39, 0.29) is 18.2 Å². The molecule has 1 atom stereocenters. The number of benzene rings is 1. The van der Waals surface area contributed by atoms with Gasteiger partial charge in [-0.05, 0) is 38.3 Å². The van der Waals surface area contributed by atoms with Crippen molar-refractivity contribution in [3.05, 3.63) is 47.3 Å². The molecule has 25 heavy (non-hydrogen) atoms. The molecule has 0 bridgehead atoms. The van der Waals surface area contributed by atoms with Crippen molar-refractivity contribution in [1.82, 2.24) is 15.1 Å². The van der Waals surface area contributed by atoms with Crippen LogP contribution in [0.25, 0.3) is 5.69 Å². The topological polar surface area (TPSA) is 84.2 Å². The second-order valence-electron chi connectivity index (χ2n) is 6.66. The normalized spacial score (nSPS) is 12.2. The van der Waals surface area contributed by atoms with Crippen LogP contribution in [0.15, 0.2) is 30.3 Å². The minimum Gasteiger partial charge on any atom is -0.480 e. The Labute approximate surface area is 147 Å². The highest BCUT2D eigenvalue weighted by atomic mass is 16.4. The Hall–Kier alpha value is -2.63. The lowest BCUT2D eigenvalue weighted by atomic mass is 10.0. The summed E-state index contributed by atoms with van der Waals surface area (Å²) in [6.07, 6.45) is 0.523. The fourth-order valence-electron chi connectivity index (χ4n) is 2.85. The Bertz CT molecular complexity index is 751. The maximum atomic E-state index is 12.3. The van der Waals surface area contributed by atoms with Crippen LogP contribution in [0.4, 0.5) is 0 Å². The number of nitrogens with zero attached hydrogens (tertiary/aromatic N) is 2. The summed E-state index contributed by atoms with van der Waals surface area (Å²) in [6.45, 7) is 7.64. The van der Waals surface area contributed by atoms with Crippen LogP contribution >= 0.6 is 0 Å². The molecule has 1 aromatic heterocycles. The Morgan fingerprint density at radius 1 is 1.20 bits per heavy atom. The first-order chi connectivity index (χ1) is 11.8. The predicted octanol–water partition coefficient (Wildman–Crippen LogP) is 2.65. The summed E-state index contributed by atoms with van der Waals surface area (Å²) in [5.41, 5.74) is 3.41. The molecule has 1 heterocycles. The SMILES string of the molecule is Cc1nn(-c2ccccc2)c(C)c1CC(=O)N[C@@H](CC(C)C)C(=O)O. The fourth-order valence-corrected chi connectivity index (χ4v) is 2.85. The minimum absolute atomic E-state index is 0.117. The number of para-hydroxylation sites is 1. The lowest BCUT2D eigenvalue weighted by Gasteiger charge is -2.16. The van der Waals surface area contributed by atoms with Crippen LogP contribution in [0.5, 0.6) is 0 Å². The molecule has 0 aliphatic heterocycles. The molecule has 0 fully saturated rings. The number of hydrogen-bond acceptors (Lipinski definition) is 3. The number of carbonyl (C=O) groups excluding carboxylic acids is 1. The summed E-state index contributed by atoms with van der Waals surface area (Å²) in [7, 11) is 0. The number of aryl methyl sites for hydroxylation is 1. The molecule has 134 valence electrons. The van der Waals surface area contributed by atoms with Crippen molar-refractivity contribution in [1.29, 1.82) is 0 Å². The minimum atomic E-state index is -1.00. The summed E-state index contributed by atoms with van der Waals surface area (Å²) < 4.78 is 1.81. The van der Waals surface area contributed by atoms with Crippen LogP contribution in [0.1, 0.15) is 37.2 Å². The van der Waals surface area contributed by atoms with E-state index < -0.39 is 12.0 Å². The first-order valence-corrected chi connectivity index (χ1v) is 8.42. The molecule has 0 saturated heterocycles. The van der Waals surface area contributed by atoms with E-state index in [0.29, 0.717) is 6.42 Å². The number of hydrogen-bond donors (Lipinski definition) is 2. The van der Waals surface area contributed by atoms with Crippen molar-refractivity contribution in [2.75, 3.05) is 0 Å². The highest BCUT2D eigenvalue weighted by Crippen LogP contribution is 2.18. The number of aliphatic carboxylic acids is 1. The number of carboxylic acids is 1. The van der Waals surface area contributed by atoms with E-state index >= 15 is 0 Å². The molecule has 6 nitrogen and oxygen atoms in total. The van der Waals surface area contributed by atoms with E-state index in [2.05, 4.69) is 10.4 Å². The smallest absolute Gasteiger partial charge is 0.326 e. The molecule has 2 rings (SSSR count). The molecule has 6 heteroatoms. The van der Waals surface area contributed by atoms with E-state index in [0.717, 1.165) is 22.6 Å². The average Bonchev–Trinajstić information content (AvgIpc) is 2.82. The molecule has 0 saturated carbocycles. The highest BCUT2D eigenvalue weighted by Gasteiger charge is 2.23. The molecule has 2 aromatic rings. The maximum absolute atomic E-state index is 12.3. The number of amides is 1. The van der Waals surface area contributed by atoms with Crippen LogP contribution in [-0.4, -0.2) is 32.8 Å². The van der Waals surface area contributed by atoms with Crippen molar-refractivity contribution in [3.8, 4) is 5.69 Å². The van der Waals surface area contributed by atoms with Gasteiger partial charge in [0.2, 0.25) is 5.91 Å². The molecule has 2 N–H and O–H groups in total. The molecular weight excluding hydrogens is 318 g/mol. The van der Waals surface area contributed by atoms with Crippen LogP contribution in [0.3, 0.4) is 0 Å². The number of aromatic nitrogens is 2. The van der Waals surface area contributed by atoms with Gasteiger partial charge in [-0.15, -0.1) is 0 Å². The Kier molecular flexibility index (Phi) is 5.96. The molecule has 0 aliphatic carbocycles. The predicted molar refractivity (Wildman–Crippen MR) is 95.8 cm³/mol. The van der Waals surface area contributed by atoms with Gasteiger partial charge >= 0.3 is 5.97 Å². The van der Waals surface area contributed by atoms with Gasteiger partial charge in [0.1, 0.15) is 6.04 Å². The molecule has 0 unspecified atom stereocenters. The van der Waals surface area contributed by atoms with Crippen LogP contribution in [-0.2, 0) is 16.0 Å². The largest absolute Gasteiger partial charge is 0.480 e. The molecule has 0 radical (unpaired) electrons. The van der Waals surface area contributed by atoms with Gasteiger partial charge in [-0.1, -0.05) is 32.0 Å². The Morgan fingerprint density at radius 3 is 2.40 bits per heavy atom. The molecule has 0 aliphatic rings. The van der Waals surface area contributed by atoms with Gasteiger partial charge in [0, 0.05) is 11.3 Å². The van der Waals surface area contributed by atoms with E-state index in [1.807, 2.05) is 58.0 Å². The summed E-state index contributed by atoms with van der Waals surface area (Å²) in [5, 5.41) is 16.4. The van der Waals surface area contributed by atoms with E-state index in [9.17, 15) is 14.7 Å². The quantitative estimate of drug-likeness (QED) is 0.809. The van der Waals surface area contributed by atoms with Gasteiger partial charge < -0.3 is 10.4 Å². The first kappa shape index (κ1) is 18.7. The number of carboxylic acid groups (broad SMARTS) is 1. The standard InChI is InChI=1S/C19H25N3O3/c1-12(2)10-17(19(24)25)20-18(23)11-16-13(3)21-22(14(16)4)15-8-6-5-7-9-15/h5-9,12,17H,10-11H2,1-4H3,(H,20,23)(H,24,25)/t17-/m0/s1. The monoisotopic (exact) mass is 343 g/mol. The summed E-state index contributed by atoms with van der Waals surface area (Å²) in [4.78, 5) is 23.7. The highest BCUT2D eigenvalue weighted by molar-refractivity contribution is 5.85.